The number of ether oxygens (including phenoxy) is 1. The smallest absolute Gasteiger partial charge is 0.350 e. The van der Waals surface area contributed by atoms with Crippen molar-refractivity contribution in [2.24, 2.45) is 0 Å². The Hall–Kier alpha value is -1.50. The van der Waals surface area contributed by atoms with E-state index in [9.17, 15) is 4.79 Å². The third-order valence-corrected chi connectivity index (χ3v) is 3.45. The maximum Gasteiger partial charge on any atom is 0.350 e. The molecule has 21 heavy (non-hydrogen) atoms. The molecule has 0 aliphatic heterocycles. The summed E-state index contributed by atoms with van der Waals surface area (Å²) in [5.74, 6) is -0.590. The fraction of sp³-hybridized carbons (Fsp3) is 0.765. The van der Waals surface area contributed by atoms with E-state index in [4.69, 9.17) is 5.26 Å². The first-order valence-corrected chi connectivity index (χ1v) is 8.18. The van der Waals surface area contributed by atoms with Gasteiger partial charge in [0.25, 0.3) is 0 Å². The molecule has 0 aliphatic rings. The summed E-state index contributed by atoms with van der Waals surface area (Å²) in [6.07, 6.45) is 14.4. The van der Waals surface area contributed by atoms with E-state index in [2.05, 4.69) is 17.0 Å². The number of rotatable bonds is 13. The molecule has 0 atom stereocenters. The molecule has 0 spiro atoms. The van der Waals surface area contributed by atoms with Gasteiger partial charge in [0.05, 0.1) is 7.11 Å². The maximum atomic E-state index is 11.1. The lowest BCUT2D eigenvalue weighted by Crippen LogP contribution is -2.12. The minimum absolute atomic E-state index is 0.0181. The summed E-state index contributed by atoms with van der Waals surface area (Å²) in [5.41, 5.74) is 0.0181. The van der Waals surface area contributed by atoms with Gasteiger partial charge in [-0.05, 0) is 6.42 Å². The van der Waals surface area contributed by atoms with Crippen molar-refractivity contribution < 1.29 is 9.53 Å². The Balaban J connectivity index is 3.38. The molecule has 0 heterocycles. The van der Waals surface area contributed by atoms with Crippen LogP contribution >= 0.6 is 0 Å². The lowest BCUT2D eigenvalue weighted by atomic mass is 10.1. The van der Waals surface area contributed by atoms with Crippen molar-refractivity contribution in [1.29, 1.82) is 5.26 Å². The topological polar surface area (TPSA) is 62.1 Å². The fourth-order valence-corrected chi connectivity index (χ4v) is 2.14. The molecule has 0 bridgehead atoms. The van der Waals surface area contributed by atoms with E-state index in [0.29, 0.717) is 0 Å². The van der Waals surface area contributed by atoms with Crippen molar-refractivity contribution in [2.75, 3.05) is 13.7 Å². The number of carbonyl (C=O) groups excluding carboxylic acids is 1. The van der Waals surface area contributed by atoms with Crippen molar-refractivity contribution in [3.8, 4) is 6.07 Å². The third-order valence-electron chi connectivity index (χ3n) is 3.45. The van der Waals surface area contributed by atoms with E-state index in [1.165, 1.54) is 71.1 Å². The van der Waals surface area contributed by atoms with Gasteiger partial charge in [0.15, 0.2) is 5.57 Å². The fourth-order valence-electron chi connectivity index (χ4n) is 2.14. The maximum absolute atomic E-state index is 11.1. The van der Waals surface area contributed by atoms with Crippen molar-refractivity contribution >= 4 is 5.97 Å². The summed E-state index contributed by atoms with van der Waals surface area (Å²) < 4.78 is 4.49. The van der Waals surface area contributed by atoms with Gasteiger partial charge in [-0.3, -0.25) is 0 Å². The molecule has 0 aromatic rings. The van der Waals surface area contributed by atoms with Crippen LogP contribution in [0.5, 0.6) is 0 Å². The Morgan fingerprint density at radius 2 is 1.57 bits per heavy atom. The van der Waals surface area contributed by atoms with Crippen molar-refractivity contribution in [3.63, 3.8) is 0 Å². The molecule has 0 amide bonds. The SMILES string of the molecule is CCCCCCCCCCCCN/C=C(\C#N)C(=O)OC. The van der Waals surface area contributed by atoms with Gasteiger partial charge in [0.1, 0.15) is 6.07 Å². The molecule has 1 N–H and O–H groups in total. The summed E-state index contributed by atoms with van der Waals surface area (Å²) in [6.45, 7) is 3.03. The van der Waals surface area contributed by atoms with E-state index < -0.39 is 5.97 Å². The van der Waals surface area contributed by atoms with E-state index in [-0.39, 0.29) is 5.57 Å². The minimum atomic E-state index is -0.590. The molecule has 0 radical (unpaired) electrons. The van der Waals surface area contributed by atoms with Crippen LogP contribution in [0.2, 0.25) is 0 Å². The average molecular weight is 294 g/mol. The zero-order chi connectivity index (χ0) is 15.8. The molecule has 0 fully saturated rings. The van der Waals surface area contributed by atoms with Crippen molar-refractivity contribution in [1.82, 2.24) is 5.32 Å². The first-order chi connectivity index (χ1) is 10.3. The summed E-state index contributed by atoms with van der Waals surface area (Å²) in [5, 5.41) is 11.7. The number of nitrogens with zero attached hydrogens (tertiary/aromatic N) is 1. The molecule has 4 heteroatoms. The number of methoxy groups -OCH3 is 1. The molecule has 0 aromatic carbocycles. The standard InChI is InChI=1S/C17H30N2O2/c1-3-4-5-6-7-8-9-10-11-12-13-19-15-16(14-18)17(20)21-2/h15,19H,3-13H2,1-2H3/b16-15+. The first kappa shape index (κ1) is 19.5. The van der Waals surface area contributed by atoms with Gasteiger partial charge < -0.3 is 10.1 Å². The number of nitrogens with one attached hydrogen (secondary N) is 1. The van der Waals surface area contributed by atoms with E-state index in [0.717, 1.165) is 13.0 Å². The second-order valence-electron chi connectivity index (χ2n) is 5.30. The minimum Gasteiger partial charge on any atom is -0.465 e. The highest BCUT2D eigenvalue weighted by atomic mass is 16.5. The number of unbranched alkanes of at least 4 members (excludes halogenated alkanes) is 9. The number of nitriles is 1. The Morgan fingerprint density at radius 3 is 2.05 bits per heavy atom. The molecular weight excluding hydrogens is 264 g/mol. The molecule has 0 saturated carbocycles. The lowest BCUT2D eigenvalue weighted by Gasteiger charge is -2.03. The number of hydrogen-bond acceptors (Lipinski definition) is 4. The third kappa shape index (κ3) is 12.0. The predicted octanol–water partition coefficient (Wildman–Crippen LogP) is 4.08. The van der Waals surface area contributed by atoms with Crippen LogP contribution in [0.1, 0.15) is 71.1 Å². The Morgan fingerprint density at radius 1 is 1.05 bits per heavy atom. The highest BCUT2D eigenvalue weighted by molar-refractivity contribution is 5.92. The average Bonchev–Trinajstić information content (AvgIpc) is 2.51. The van der Waals surface area contributed by atoms with Gasteiger partial charge in [0, 0.05) is 12.7 Å². The van der Waals surface area contributed by atoms with Crippen LogP contribution in [0.3, 0.4) is 0 Å². The first-order valence-electron chi connectivity index (χ1n) is 8.18. The van der Waals surface area contributed by atoms with Crippen LogP contribution in [-0.2, 0) is 9.53 Å². The molecule has 0 saturated heterocycles. The van der Waals surface area contributed by atoms with Crippen LogP contribution in [0.25, 0.3) is 0 Å². The highest BCUT2D eigenvalue weighted by Crippen LogP contribution is 2.10. The molecule has 0 aromatic heterocycles. The second kappa shape index (κ2) is 14.9. The predicted molar refractivity (Wildman–Crippen MR) is 85.6 cm³/mol. The van der Waals surface area contributed by atoms with Gasteiger partial charge in [-0.15, -0.1) is 0 Å². The highest BCUT2D eigenvalue weighted by Gasteiger charge is 2.06. The van der Waals surface area contributed by atoms with Gasteiger partial charge in [-0.2, -0.15) is 5.26 Å². The van der Waals surface area contributed by atoms with Crippen molar-refractivity contribution in [2.45, 2.75) is 71.1 Å². The van der Waals surface area contributed by atoms with Crippen LogP contribution in [0.4, 0.5) is 0 Å². The summed E-state index contributed by atoms with van der Waals surface area (Å²) in [4.78, 5) is 11.1. The zero-order valence-electron chi connectivity index (χ0n) is 13.6. The Kier molecular flexibility index (Phi) is 13.8. The van der Waals surface area contributed by atoms with E-state index in [1.54, 1.807) is 0 Å². The number of esters is 1. The van der Waals surface area contributed by atoms with Crippen LogP contribution in [-0.4, -0.2) is 19.6 Å². The monoisotopic (exact) mass is 294 g/mol. The van der Waals surface area contributed by atoms with E-state index in [1.807, 2.05) is 6.07 Å². The second-order valence-corrected chi connectivity index (χ2v) is 5.30. The van der Waals surface area contributed by atoms with Gasteiger partial charge >= 0.3 is 5.97 Å². The quantitative estimate of drug-likeness (QED) is 0.241. The van der Waals surface area contributed by atoms with Gasteiger partial charge in [-0.1, -0.05) is 64.7 Å². The normalized spacial score (nSPS) is 11.0. The summed E-state index contributed by atoms with van der Waals surface area (Å²) in [7, 11) is 1.27. The molecular formula is C17H30N2O2. The Bertz CT molecular complexity index is 332. The summed E-state index contributed by atoms with van der Waals surface area (Å²) in [6, 6.07) is 1.82. The largest absolute Gasteiger partial charge is 0.465 e. The van der Waals surface area contributed by atoms with Crippen LogP contribution < -0.4 is 5.32 Å². The molecule has 0 aliphatic carbocycles. The summed E-state index contributed by atoms with van der Waals surface area (Å²) >= 11 is 0. The van der Waals surface area contributed by atoms with Gasteiger partial charge in [0.2, 0.25) is 0 Å². The van der Waals surface area contributed by atoms with Crippen LogP contribution in [0, 0.1) is 11.3 Å². The lowest BCUT2D eigenvalue weighted by molar-refractivity contribution is -0.135. The van der Waals surface area contributed by atoms with Crippen LogP contribution in [0.15, 0.2) is 11.8 Å². The number of carbonyl (C=O) groups is 1. The zero-order valence-corrected chi connectivity index (χ0v) is 13.6. The molecule has 0 rings (SSSR count). The molecule has 4 nitrogen and oxygen atoms in total. The van der Waals surface area contributed by atoms with E-state index >= 15 is 0 Å². The molecule has 120 valence electrons. The number of hydrogen-bond donors (Lipinski definition) is 1. The van der Waals surface area contributed by atoms with Gasteiger partial charge in [-0.25, -0.2) is 4.79 Å². The Labute approximate surface area is 129 Å². The van der Waals surface area contributed by atoms with Crippen molar-refractivity contribution in [3.05, 3.63) is 11.8 Å². The molecule has 0 unspecified atom stereocenters.